The minimum Gasteiger partial charge on any atom is -0.468 e. The Kier molecular flexibility index (Phi) is 4.84. The first-order chi connectivity index (χ1) is 13.0. The van der Waals surface area contributed by atoms with Gasteiger partial charge in [0.2, 0.25) is 5.16 Å². The number of ketones is 1. The van der Waals surface area contributed by atoms with Crippen LogP contribution in [-0.4, -0.2) is 44.2 Å². The zero-order valence-electron chi connectivity index (χ0n) is 14.4. The molecule has 0 aliphatic heterocycles. The Bertz CT molecular complexity index is 1050. The Morgan fingerprint density at radius 3 is 3.00 bits per heavy atom. The lowest BCUT2D eigenvalue weighted by atomic mass is 9.82. The van der Waals surface area contributed by atoms with Crippen LogP contribution in [0.5, 0.6) is 0 Å². The Morgan fingerprint density at radius 2 is 2.22 bits per heavy atom. The number of rotatable bonds is 4. The number of carbonyl (C=O) groups excluding carboxylic acids is 2. The van der Waals surface area contributed by atoms with E-state index in [0.717, 1.165) is 17.3 Å². The molecule has 2 heterocycles. The molecule has 0 radical (unpaired) electrons. The standard InChI is InChI=1S/C18H15ClN4O3S/c1-26-16(25)9-27-18-21-17-20-14-6-11(10-3-2-4-12(19)5-10)7-15(24)13(14)8-23(17)22-18/h2-5,8,11H,6-7,9H2,1H3. The van der Waals surface area contributed by atoms with Gasteiger partial charge in [0.25, 0.3) is 5.78 Å². The Labute approximate surface area is 164 Å². The quantitative estimate of drug-likeness (QED) is 0.489. The van der Waals surface area contributed by atoms with Crippen LogP contribution in [0.25, 0.3) is 5.78 Å². The molecule has 0 saturated heterocycles. The highest BCUT2D eigenvalue weighted by Gasteiger charge is 2.28. The van der Waals surface area contributed by atoms with Crippen molar-refractivity contribution >= 4 is 40.9 Å². The van der Waals surface area contributed by atoms with Gasteiger partial charge in [0.1, 0.15) is 0 Å². The average molecular weight is 403 g/mol. The maximum absolute atomic E-state index is 12.7. The van der Waals surface area contributed by atoms with Crippen LogP contribution < -0.4 is 0 Å². The molecule has 4 rings (SSSR count). The smallest absolute Gasteiger partial charge is 0.316 e. The van der Waals surface area contributed by atoms with Crippen molar-refractivity contribution in [3.05, 3.63) is 52.3 Å². The monoisotopic (exact) mass is 402 g/mol. The molecule has 0 saturated carbocycles. The first-order valence-corrected chi connectivity index (χ1v) is 9.64. The fourth-order valence-electron chi connectivity index (χ4n) is 3.10. The fourth-order valence-corrected chi connectivity index (χ4v) is 3.96. The van der Waals surface area contributed by atoms with Gasteiger partial charge < -0.3 is 4.74 Å². The molecule has 0 fully saturated rings. The number of thioether (sulfide) groups is 1. The number of Topliss-reactive ketones (excluding diaryl/α,β-unsaturated/α-hetero) is 1. The predicted octanol–water partition coefficient (Wildman–Crippen LogP) is 2.96. The van der Waals surface area contributed by atoms with Crippen molar-refractivity contribution in [2.45, 2.75) is 23.9 Å². The zero-order chi connectivity index (χ0) is 19.0. The van der Waals surface area contributed by atoms with Crippen LogP contribution in [0.2, 0.25) is 5.02 Å². The second-order valence-electron chi connectivity index (χ2n) is 6.19. The van der Waals surface area contributed by atoms with Crippen LogP contribution in [0.1, 0.15) is 34.0 Å². The summed E-state index contributed by atoms with van der Waals surface area (Å²) in [5.74, 6) is 0.221. The van der Waals surface area contributed by atoms with Gasteiger partial charge in [-0.3, -0.25) is 9.59 Å². The SMILES string of the molecule is COC(=O)CSc1nc2nc3c(cn2n1)C(=O)CC(c1cccc(Cl)c1)C3. The molecule has 0 N–H and O–H groups in total. The van der Waals surface area contributed by atoms with Crippen molar-refractivity contribution in [3.63, 3.8) is 0 Å². The summed E-state index contributed by atoms with van der Waals surface area (Å²) in [4.78, 5) is 32.8. The van der Waals surface area contributed by atoms with Crippen molar-refractivity contribution in [2.75, 3.05) is 12.9 Å². The summed E-state index contributed by atoms with van der Waals surface area (Å²) in [6, 6.07) is 7.57. The van der Waals surface area contributed by atoms with Crippen molar-refractivity contribution < 1.29 is 14.3 Å². The molecule has 3 aromatic rings. The molecule has 9 heteroatoms. The van der Waals surface area contributed by atoms with Crippen molar-refractivity contribution in [1.29, 1.82) is 0 Å². The predicted molar refractivity (Wildman–Crippen MR) is 100 cm³/mol. The number of benzene rings is 1. The van der Waals surface area contributed by atoms with Crippen LogP contribution in [0, 0.1) is 0 Å². The first-order valence-electron chi connectivity index (χ1n) is 8.28. The summed E-state index contributed by atoms with van der Waals surface area (Å²) >= 11 is 7.25. The molecule has 138 valence electrons. The van der Waals surface area contributed by atoms with E-state index in [2.05, 4.69) is 19.8 Å². The minimum atomic E-state index is -0.356. The first kappa shape index (κ1) is 17.9. The van der Waals surface area contributed by atoms with E-state index in [1.165, 1.54) is 11.6 Å². The number of carbonyl (C=O) groups is 2. The lowest BCUT2D eigenvalue weighted by Gasteiger charge is -2.23. The largest absolute Gasteiger partial charge is 0.468 e. The molecule has 27 heavy (non-hydrogen) atoms. The maximum atomic E-state index is 12.7. The van der Waals surface area contributed by atoms with Gasteiger partial charge >= 0.3 is 5.97 Å². The molecule has 1 aromatic carbocycles. The number of hydrogen-bond acceptors (Lipinski definition) is 7. The Balaban J connectivity index is 1.63. The van der Waals surface area contributed by atoms with Crippen LogP contribution >= 0.6 is 23.4 Å². The number of halogens is 1. The molecule has 7 nitrogen and oxygen atoms in total. The molecule has 0 amide bonds. The molecule has 1 aliphatic carbocycles. The highest BCUT2D eigenvalue weighted by Crippen LogP contribution is 2.33. The summed E-state index contributed by atoms with van der Waals surface area (Å²) in [5, 5.41) is 5.34. The Morgan fingerprint density at radius 1 is 1.37 bits per heavy atom. The summed E-state index contributed by atoms with van der Waals surface area (Å²) in [7, 11) is 1.33. The molecular formula is C18H15ClN4O3S. The van der Waals surface area contributed by atoms with Crippen molar-refractivity contribution in [3.8, 4) is 0 Å². The van der Waals surface area contributed by atoms with Crippen LogP contribution in [-0.2, 0) is 16.0 Å². The van der Waals surface area contributed by atoms with Gasteiger partial charge in [0, 0.05) is 17.6 Å². The summed E-state index contributed by atoms with van der Waals surface area (Å²) in [5.41, 5.74) is 2.30. The molecule has 1 aliphatic rings. The van der Waals surface area contributed by atoms with E-state index >= 15 is 0 Å². The average Bonchev–Trinajstić information content (AvgIpc) is 3.06. The number of fused-ring (bicyclic) bond motifs is 2. The third kappa shape index (κ3) is 3.68. The molecule has 1 unspecified atom stereocenters. The summed E-state index contributed by atoms with van der Waals surface area (Å²) in [6.45, 7) is 0. The van der Waals surface area contributed by atoms with Gasteiger partial charge in [0.05, 0.1) is 24.1 Å². The molecule has 0 spiro atoms. The van der Waals surface area contributed by atoms with Crippen molar-refractivity contribution in [1.82, 2.24) is 19.6 Å². The minimum absolute atomic E-state index is 0.0230. The summed E-state index contributed by atoms with van der Waals surface area (Å²) in [6.07, 6.45) is 2.71. The maximum Gasteiger partial charge on any atom is 0.316 e. The molecule has 0 bridgehead atoms. The molecule has 1 atom stereocenters. The summed E-state index contributed by atoms with van der Waals surface area (Å²) < 4.78 is 6.09. The zero-order valence-corrected chi connectivity index (χ0v) is 16.0. The normalized spacial score (nSPS) is 16.4. The van der Waals surface area contributed by atoms with Crippen LogP contribution in [0.4, 0.5) is 0 Å². The number of esters is 1. The number of nitrogens with zero attached hydrogens (tertiary/aromatic N) is 4. The van der Waals surface area contributed by atoms with E-state index in [0.29, 0.717) is 40.1 Å². The number of hydrogen-bond donors (Lipinski definition) is 0. The van der Waals surface area contributed by atoms with Gasteiger partial charge in [-0.1, -0.05) is 35.5 Å². The van der Waals surface area contributed by atoms with E-state index in [4.69, 9.17) is 11.6 Å². The second-order valence-corrected chi connectivity index (χ2v) is 7.57. The lowest BCUT2D eigenvalue weighted by Crippen LogP contribution is -2.21. The topological polar surface area (TPSA) is 86.4 Å². The highest BCUT2D eigenvalue weighted by molar-refractivity contribution is 7.99. The molecule has 2 aromatic heterocycles. The van der Waals surface area contributed by atoms with E-state index in [-0.39, 0.29) is 23.4 Å². The van der Waals surface area contributed by atoms with Gasteiger partial charge in [-0.2, -0.15) is 4.98 Å². The lowest BCUT2D eigenvalue weighted by molar-refractivity contribution is -0.137. The van der Waals surface area contributed by atoms with Gasteiger partial charge in [0.15, 0.2) is 5.78 Å². The van der Waals surface area contributed by atoms with E-state index < -0.39 is 0 Å². The van der Waals surface area contributed by atoms with Gasteiger partial charge in [-0.05, 0) is 30.0 Å². The fraction of sp³-hybridized carbons (Fsp3) is 0.278. The second kappa shape index (κ2) is 7.28. The van der Waals surface area contributed by atoms with Gasteiger partial charge in [-0.25, -0.2) is 9.50 Å². The number of ether oxygens (including phenoxy) is 1. The number of methoxy groups -OCH3 is 1. The Hall–Kier alpha value is -2.45. The third-order valence-electron chi connectivity index (χ3n) is 4.43. The van der Waals surface area contributed by atoms with Gasteiger partial charge in [-0.15, -0.1) is 5.10 Å². The molecular weight excluding hydrogens is 388 g/mol. The van der Waals surface area contributed by atoms with Crippen LogP contribution in [0.3, 0.4) is 0 Å². The van der Waals surface area contributed by atoms with E-state index in [1.807, 2.05) is 24.3 Å². The number of aromatic nitrogens is 4. The van der Waals surface area contributed by atoms with Crippen molar-refractivity contribution in [2.24, 2.45) is 0 Å². The van der Waals surface area contributed by atoms with E-state index in [9.17, 15) is 9.59 Å². The van der Waals surface area contributed by atoms with E-state index in [1.54, 1.807) is 6.20 Å². The van der Waals surface area contributed by atoms with Crippen LogP contribution in [0.15, 0.2) is 35.6 Å². The highest BCUT2D eigenvalue weighted by atomic mass is 35.5. The third-order valence-corrected chi connectivity index (χ3v) is 5.48.